The molecule has 0 aliphatic heterocycles. The lowest BCUT2D eigenvalue weighted by Crippen LogP contribution is -2.05. The third kappa shape index (κ3) is 4.54. The van der Waals surface area contributed by atoms with Crippen molar-refractivity contribution in [2.75, 3.05) is 19.4 Å². The fourth-order valence-electron chi connectivity index (χ4n) is 1.82. The summed E-state index contributed by atoms with van der Waals surface area (Å²) in [5.41, 5.74) is 1.19. The van der Waals surface area contributed by atoms with Gasteiger partial charge in [-0.15, -0.1) is 11.8 Å². The first-order valence-corrected chi connectivity index (χ1v) is 7.52. The van der Waals surface area contributed by atoms with E-state index in [1.54, 1.807) is 12.1 Å². The van der Waals surface area contributed by atoms with E-state index >= 15 is 0 Å². The van der Waals surface area contributed by atoms with Crippen LogP contribution in [0.25, 0.3) is 0 Å². The van der Waals surface area contributed by atoms with Crippen molar-refractivity contribution in [3.05, 3.63) is 59.9 Å². The van der Waals surface area contributed by atoms with E-state index in [9.17, 15) is 4.39 Å². The lowest BCUT2D eigenvalue weighted by atomic mass is 10.2. The predicted octanol–water partition coefficient (Wildman–Crippen LogP) is 3.72. The van der Waals surface area contributed by atoms with Gasteiger partial charge in [0.25, 0.3) is 0 Å². The summed E-state index contributed by atoms with van der Waals surface area (Å²) in [6.07, 6.45) is 0. The molecule has 1 N–H and O–H groups in total. The molecule has 0 atom stereocenters. The van der Waals surface area contributed by atoms with Crippen molar-refractivity contribution in [2.24, 2.45) is 0 Å². The van der Waals surface area contributed by atoms with E-state index in [-0.39, 0.29) is 5.82 Å². The third-order valence-corrected chi connectivity index (χ3v) is 3.74. The van der Waals surface area contributed by atoms with E-state index in [2.05, 4.69) is 11.4 Å². The zero-order chi connectivity index (χ0) is 14.2. The molecule has 0 radical (unpaired) electrons. The Morgan fingerprint density at radius 3 is 2.80 bits per heavy atom. The predicted molar refractivity (Wildman–Crippen MR) is 81.8 cm³/mol. The summed E-state index contributed by atoms with van der Waals surface area (Å²) in [4.78, 5) is 0.667. The molecule has 20 heavy (non-hydrogen) atoms. The standard InChI is InChI=1S/C16H18FNOS/c1-18-12-13-5-4-6-14(11-13)19-9-10-20-16-8-3-2-7-15(16)17/h2-8,11,18H,9-10,12H2,1H3. The summed E-state index contributed by atoms with van der Waals surface area (Å²) in [6, 6.07) is 14.8. The maximum Gasteiger partial charge on any atom is 0.136 e. The van der Waals surface area contributed by atoms with Gasteiger partial charge in [0.05, 0.1) is 6.61 Å². The van der Waals surface area contributed by atoms with Gasteiger partial charge in [-0.1, -0.05) is 24.3 Å². The Hall–Kier alpha value is -1.52. The molecular weight excluding hydrogens is 273 g/mol. The average molecular weight is 291 g/mol. The minimum atomic E-state index is -0.173. The molecule has 0 heterocycles. The molecule has 0 fully saturated rings. The molecule has 2 rings (SSSR count). The van der Waals surface area contributed by atoms with Crippen LogP contribution in [0.5, 0.6) is 5.75 Å². The quantitative estimate of drug-likeness (QED) is 0.620. The minimum Gasteiger partial charge on any atom is -0.493 e. The summed E-state index contributed by atoms with van der Waals surface area (Å²) >= 11 is 1.47. The summed E-state index contributed by atoms with van der Waals surface area (Å²) in [5.74, 6) is 1.40. The van der Waals surface area contributed by atoms with Gasteiger partial charge in [-0.3, -0.25) is 0 Å². The smallest absolute Gasteiger partial charge is 0.136 e. The van der Waals surface area contributed by atoms with Crippen LogP contribution in [0.2, 0.25) is 0 Å². The fraction of sp³-hybridized carbons (Fsp3) is 0.250. The van der Waals surface area contributed by atoms with Gasteiger partial charge in [0.2, 0.25) is 0 Å². The van der Waals surface area contributed by atoms with Gasteiger partial charge in [0, 0.05) is 17.2 Å². The maximum atomic E-state index is 13.4. The van der Waals surface area contributed by atoms with Crippen LogP contribution in [-0.2, 0) is 6.54 Å². The second-order valence-electron chi connectivity index (χ2n) is 4.31. The molecule has 0 aliphatic rings. The second-order valence-corrected chi connectivity index (χ2v) is 5.44. The highest BCUT2D eigenvalue weighted by molar-refractivity contribution is 7.99. The lowest BCUT2D eigenvalue weighted by molar-refractivity contribution is 0.343. The van der Waals surface area contributed by atoms with Crippen LogP contribution in [-0.4, -0.2) is 19.4 Å². The van der Waals surface area contributed by atoms with Gasteiger partial charge >= 0.3 is 0 Å². The SMILES string of the molecule is CNCc1cccc(OCCSc2ccccc2F)c1. The van der Waals surface area contributed by atoms with Crippen molar-refractivity contribution in [3.63, 3.8) is 0 Å². The molecule has 0 bridgehead atoms. The Morgan fingerprint density at radius 2 is 2.00 bits per heavy atom. The van der Waals surface area contributed by atoms with Crippen LogP contribution >= 0.6 is 11.8 Å². The first kappa shape index (κ1) is 14.9. The molecule has 2 nitrogen and oxygen atoms in total. The normalized spacial score (nSPS) is 10.5. The molecule has 0 saturated carbocycles. The number of hydrogen-bond acceptors (Lipinski definition) is 3. The Kier molecular flexibility index (Phi) is 5.89. The lowest BCUT2D eigenvalue weighted by Gasteiger charge is -2.08. The average Bonchev–Trinajstić information content (AvgIpc) is 2.46. The number of nitrogens with one attached hydrogen (secondary N) is 1. The first-order chi connectivity index (χ1) is 9.79. The molecule has 0 unspecified atom stereocenters. The van der Waals surface area contributed by atoms with Crippen molar-refractivity contribution >= 4 is 11.8 Å². The summed E-state index contributed by atoms with van der Waals surface area (Å²) in [7, 11) is 1.92. The number of rotatable bonds is 7. The second kappa shape index (κ2) is 7.92. The molecule has 0 spiro atoms. The number of ether oxygens (including phenoxy) is 1. The summed E-state index contributed by atoms with van der Waals surface area (Å²) < 4.78 is 19.1. The zero-order valence-electron chi connectivity index (χ0n) is 11.4. The largest absolute Gasteiger partial charge is 0.493 e. The number of thioether (sulfide) groups is 1. The first-order valence-electron chi connectivity index (χ1n) is 6.53. The molecule has 0 aliphatic carbocycles. The molecule has 0 amide bonds. The molecule has 106 valence electrons. The van der Waals surface area contributed by atoms with Crippen molar-refractivity contribution in [2.45, 2.75) is 11.4 Å². The monoisotopic (exact) mass is 291 g/mol. The van der Waals surface area contributed by atoms with Crippen molar-refractivity contribution in [1.29, 1.82) is 0 Å². The van der Waals surface area contributed by atoms with E-state index < -0.39 is 0 Å². The Morgan fingerprint density at radius 1 is 1.15 bits per heavy atom. The van der Waals surface area contributed by atoms with Crippen LogP contribution in [0.15, 0.2) is 53.4 Å². The van der Waals surface area contributed by atoms with Crippen LogP contribution in [0.4, 0.5) is 4.39 Å². The maximum absolute atomic E-state index is 13.4. The van der Waals surface area contributed by atoms with Crippen LogP contribution in [0, 0.1) is 5.82 Å². The van der Waals surface area contributed by atoms with Crippen LogP contribution < -0.4 is 10.1 Å². The van der Waals surface area contributed by atoms with E-state index in [1.807, 2.05) is 31.3 Å². The van der Waals surface area contributed by atoms with Crippen molar-refractivity contribution in [1.82, 2.24) is 5.32 Å². The Balaban J connectivity index is 1.78. The molecule has 4 heteroatoms. The zero-order valence-corrected chi connectivity index (χ0v) is 12.3. The molecule has 0 aromatic heterocycles. The van der Waals surface area contributed by atoms with Crippen LogP contribution in [0.1, 0.15) is 5.56 Å². The topological polar surface area (TPSA) is 21.3 Å². The number of hydrogen-bond donors (Lipinski definition) is 1. The number of benzene rings is 2. The Labute approximate surface area is 123 Å². The highest BCUT2D eigenvalue weighted by atomic mass is 32.2. The summed E-state index contributed by atoms with van der Waals surface area (Å²) in [5, 5.41) is 3.10. The van der Waals surface area contributed by atoms with E-state index in [1.165, 1.54) is 23.4 Å². The molecule has 2 aromatic rings. The van der Waals surface area contributed by atoms with Crippen LogP contribution in [0.3, 0.4) is 0 Å². The third-order valence-electron chi connectivity index (χ3n) is 2.73. The Bertz CT molecular complexity index is 548. The minimum absolute atomic E-state index is 0.173. The molecular formula is C16H18FNOS. The highest BCUT2D eigenvalue weighted by Crippen LogP contribution is 2.21. The molecule has 2 aromatic carbocycles. The van der Waals surface area contributed by atoms with E-state index in [0.717, 1.165) is 18.0 Å². The molecule has 0 saturated heterocycles. The van der Waals surface area contributed by atoms with Gasteiger partial charge < -0.3 is 10.1 Å². The van der Waals surface area contributed by atoms with Gasteiger partial charge in [-0.05, 0) is 36.9 Å². The van der Waals surface area contributed by atoms with Gasteiger partial charge in [0.1, 0.15) is 11.6 Å². The van der Waals surface area contributed by atoms with E-state index in [4.69, 9.17) is 4.74 Å². The van der Waals surface area contributed by atoms with E-state index in [0.29, 0.717) is 11.5 Å². The van der Waals surface area contributed by atoms with Gasteiger partial charge in [-0.2, -0.15) is 0 Å². The van der Waals surface area contributed by atoms with Crippen molar-refractivity contribution < 1.29 is 9.13 Å². The van der Waals surface area contributed by atoms with Gasteiger partial charge in [0.15, 0.2) is 0 Å². The number of halogens is 1. The van der Waals surface area contributed by atoms with Crippen molar-refractivity contribution in [3.8, 4) is 5.75 Å². The fourth-order valence-corrected chi connectivity index (χ4v) is 2.59. The summed E-state index contributed by atoms with van der Waals surface area (Å²) in [6.45, 7) is 1.38. The highest BCUT2D eigenvalue weighted by Gasteiger charge is 2.01. The van der Waals surface area contributed by atoms with Gasteiger partial charge in [-0.25, -0.2) is 4.39 Å².